The van der Waals surface area contributed by atoms with Crippen molar-refractivity contribution in [1.82, 2.24) is 15.2 Å². The fourth-order valence-corrected chi connectivity index (χ4v) is 1.67. The van der Waals surface area contributed by atoms with Gasteiger partial charge in [-0.1, -0.05) is 20.8 Å². The van der Waals surface area contributed by atoms with Gasteiger partial charge in [0.15, 0.2) is 5.82 Å². The highest BCUT2D eigenvalue weighted by Gasteiger charge is 2.19. The number of rotatable bonds is 2. The summed E-state index contributed by atoms with van der Waals surface area (Å²) >= 11 is 0. The Kier molecular flexibility index (Phi) is 3.75. The summed E-state index contributed by atoms with van der Waals surface area (Å²) in [5.41, 5.74) is 6.31. The van der Waals surface area contributed by atoms with Crippen molar-refractivity contribution in [2.24, 2.45) is 0 Å². The Labute approximate surface area is 121 Å². The van der Waals surface area contributed by atoms with Crippen molar-refractivity contribution in [3.8, 4) is 0 Å². The molecule has 110 valence electrons. The normalized spacial score (nSPS) is 11.2. The number of anilines is 2. The van der Waals surface area contributed by atoms with E-state index >= 15 is 0 Å². The van der Waals surface area contributed by atoms with Crippen LogP contribution in [0.4, 0.5) is 11.6 Å². The van der Waals surface area contributed by atoms with E-state index in [0.29, 0.717) is 5.56 Å². The summed E-state index contributed by atoms with van der Waals surface area (Å²) in [6.07, 6.45) is 0. The van der Waals surface area contributed by atoms with Crippen LogP contribution in [0, 0.1) is 0 Å². The second-order valence-electron chi connectivity index (χ2n) is 5.68. The molecule has 2 heterocycles. The van der Waals surface area contributed by atoms with Crippen LogP contribution in [0.1, 0.15) is 36.8 Å². The maximum Gasteiger partial charge on any atom is 0.264 e. The summed E-state index contributed by atoms with van der Waals surface area (Å²) in [4.78, 5) is 27.4. The van der Waals surface area contributed by atoms with Crippen molar-refractivity contribution < 1.29 is 4.79 Å². The van der Waals surface area contributed by atoms with Gasteiger partial charge in [0.1, 0.15) is 5.82 Å². The molecule has 7 nitrogen and oxygen atoms in total. The highest BCUT2D eigenvalue weighted by atomic mass is 16.2. The molecule has 0 saturated heterocycles. The molecular formula is C14H17N5O2. The number of carbonyl (C=O) groups is 1. The molecule has 0 atom stereocenters. The van der Waals surface area contributed by atoms with E-state index < -0.39 is 0 Å². The van der Waals surface area contributed by atoms with Crippen LogP contribution in [0.25, 0.3) is 0 Å². The third kappa shape index (κ3) is 3.65. The Bertz CT molecular complexity index is 710. The van der Waals surface area contributed by atoms with Crippen LogP contribution >= 0.6 is 0 Å². The molecular weight excluding hydrogens is 270 g/mol. The van der Waals surface area contributed by atoms with Crippen LogP contribution in [0.3, 0.4) is 0 Å². The number of nitrogens with one attached hydrogen (secondary N) is 2. The average molecular weight is 287 g/mol. The monoisotopic (exact) mass is 287 g/mol. The molecule has 2 rings (SSSR count). The number of amides is 1. The van der Waals surface area contributed by atoms with Crippen LogP contribution in [0.5, 0.6) is 0 Å². The lowest BCUT2D eigenvalue weighted by molar-refractivity contribution is 0.102. The largest absolute Gasteiger partial charge is 0.384 e. The number of aromatic amines is 1. The van der Waals surface area contributed by atoms with Gasteiger partial charge in [0, 0.05) is 22.7 Å². The van der Waals surface area contributed by atoms with Gasteiger partial charge in [0.25, 0.3) is 11.5 Å². The maximum absolute atomic E-state index is 12.2. The van der Waals surface area contributed by atoms with Gasteiger partial charge in [-0.3, -0.25) is 9.59 Å². The van der Waals surface area contributed by atoms with Crippen molar-refractivity contribution in [2.75, 3.05) is 11.1 Å². The van der Waals surface area contributed by atoms with Gasteiger partial charge in [-0.15, -0.1) is 0 Å². The number of carbonyl (C=O) groups excluding carboxylic acids is 1. The highest BCUT2D eigenvalue weighted by molar-refractivity contribution is 6.04. The van der Waals surface area contributed by atoms with Gasteiger partial charge in [0.2, 0.25) is 0 Å². The predicted molar refractivity (Wildman–Crippen MR) is 80.2 cm³/mol. The van der Waals surface area contributed by atoms with Crippen LogP contribution in [-0.4, -0.2) is 21.1 Å². The molecule has 21 heavy (non-hydrogen) atoms. The number of nitrogens with zero attached hydrogens (tertiary/aromatic N) is 2. The number of hydrogen-bond donors (Lipinski definition) is 3. The number of aromatic nitrogens is 3. The van der Waals surface area contributed by atoms with E-state index in [2.05, 4.69) is 20.5 Å². The number of hydrogen-bond acceptors (Lipinski definition) is 5. The molecule has 0 radical (unpaired) electrons. The molecule has 0 aliphatic heterocycles. The first-order chi connectivity index (χ1) is 9.75. The molecule has 0 spiro atoms. The zero-order valence-electron chi connectivity index (χ0n) is 12.1. The lowest BCUT2D eigenvalue weighted by atomic mass is 9.90. The van der Waals surface area contributed by atoms with Gasteiger partial charge in [-0.2, -0.15) is 5.10 Å². The van der Waals surface area contributed by atoms with Crippen molar-refractivity contribution >= 4 is 17.5 Å². The van der Waals surface area contributed by atoms with Crippen molar-refractivity contribution in [3.63, 3.8) is 0 Å². The van der Waals surface area contributed by atoms with E-state index in [-0.39, 0.29) is 28.5 Å². The lowest BCUT2D eigenvalue weighted by Gasteiger charge is -2.18. The Hall–Kier alpha value is -2.70. The molecule has 2 aromatic heterocycles. The van der Waals surface area contributed by atoms with Gasteiger partial charge in [0.05, 0.1) is 0 Å². The summed E-state index contributed by atoms with van der Waals surface area (Å²) in [6.45, 7) is 5.96. The molecule has 1 amide bonds. The molecule has 0 saturated carbocycles. The Morgan fingerprint density at radius 3 is 2.57 bits per heavy atom. The van der Waals surface area contributed by atoms with Gasteiger partial charge in [-0.05, 0) is 18.2 Å². The SMILES string of the molecule is CC(C)(C)c1cc(C(=O)Nc2ccc(=O)[nH]n2)cc(N)n1. The standard InChI is InChI=1S/C14H17N5O2/c1-14(2,3)9-6-8(7-10(15)16-9)13(21)17-11-4-5-12(20)19-18-11/h4-7H,1-3H3,(H2,15,16)(H,19,20)(H,17,18,21). The Balaban J connectivity index is 2.29. The van der Waals surface area contributed by atoms with E-state index in [4.69, 9.17) is 5.73 Å². The minimum atomic E-state index is -0.367. The second kappa shape index (κ2) is 5.35. The van der Waals surface area contributed by atoms with Crippen molar-refractivity contribution in [1.29, 1.82) is 0 Å². The zero-order chi connectivity index (χ0) is 15.6. The summed E-state index contributed by atoms with van der Waals surface area (Å²) in [5.74, 6) is 0.170. The van der Waals surface area contributed by atoms with E-state index in [0.717, 1.165) is 5.69 Å². The zero-order valence-corrected chi connectivity index (χ0v) is 12.1. The molecule has 0 bridgehead atoms. The first-order valence-corrected chi connectivity index (χ1v) is 6.41. The molecule has 7 heteroatoms. The van der Waals surface area contributed by atoms with Crippen LogP contribution in [-0.2, 0) is 5.41 Å². The number of nitrogens with two attached hydrogens (primary N) is 1. The minimum Gasteiger partial charge on any atom is -0.384 e. The Morgan fingerprint density at radius 2 is 2.00 bits per heavy atom. The second-order valence-corrected chi connectivity index (χ2v) is 5.68. The predicted octanol–water partition coefficient (Wildman–Crippen LogP) is 1.30. The molecule has 4 N–H and O–H groups in total. The van der Waals surface area contributed by atoms with E-state index in [1.165, 1.54) is 18.2 Å². The molecule has 0 aliphatic carbocycles. The van der Waals surface area contributed by atoms with Crippen molar-refractivity contribution in [2.45, 2.75) is 26.2 Å². The fourth-order valence-electron chi connectivity index (χ4n) is 1.67. The van der Waals surface area contributed by atoms with E-state index in [9.17, 15) is 9.59 Å². The maximum atomic E-state index is 12.2. The van der Waals surface area contributed by atoms with Gasteiger partial charge in [-0.25, -0.2) is 10.1 Å². The fraction of sp³-hybridized carbons (Fsp3) is 0.286. The van der Waals surface area contributed by atoms with Gasteiger partial charge < -0.3 is 11.1 Å². The summed E-state index contributed by atoms with van der Waals surface area (Å²) in [7, 11) is 0. The van der Waals surface area contributed by atoms with Crippen LogP contribution in [0.2, 0.25) is 0 Å². The molecule has 0 fully saturated rings. The third-order valence-corrected chi connectivity index (χ3v) is 2.80. The summed E-state index contributed by atoms with van der Waals surface area (Å²) in [5, 5.41) is 8.56. The first kappa shape index (κ1) is 14.7. The average Bonchev–Trinajstić information content (AvgIpc) is 2.39. The minimum absolute atomic E-state index is 0.222. The molecule has 0 aliphatic rings. The van der Waals surface area contributed by atoms with Crippen LogP contribution < -0.4 is 16.6 Å². The molecule has 0 unspecified atom stereocenters. The highest BCUT2D eigenvalue weighted by Crippen LogP contribution is 2.22. The summed E-state index contributed by atoms with van der Waals surface area (Å²) < 4.78 is 0. The van der Waals surface area contributed by atoms with Crippen molar-refractivity contribution in [3.05, 3.63) is 45.9 Å². The number of H-pyrrole nitrogens is 1. The molecule has 2 aromatic rings. The van der Waals surface area contributed by atoms with Gasteiger partial charge >= 0.3 is 0 Å². The quantitative estimate of drug-likeness (QED) is 0.770. The lowest BCUT2D eigenvalue weighted by Crippen LogP contribution is -2.19. The van der Waals surface area contributed by atoms with E-state index in [1.54, 1.807) is 6.07 Å². The van der Waals surface area contributed by atoms with E-state index in [1.807, 2.05) is 20.8 Å². The topological polar surface area (TPSA) is 114 Å². The Morgan fingerprint density at radius 1 is 1.29 bits per heavy atom. The van der Waals surface area contributed by atoms with Crippen LogP contribution in [0.15, 0.2) is 29.1 Å². The number of nitrogen functional groups attached to an aromatic ring is 1. The number of pyridine rings is 1. The third-order valence-electron chi connectivity index (χ3n) is 2.80. The smallest absolute Gasteiger partial charge is 0.264 e. The molecule has 0 aromatic carbocycles. The first-order valence-electron chi connectivity index (χ1n) is 6.41. The summed E-state index contributed by atoms with van der Waals surface area (Å²) in [6, 6.07) is 5.89.